The summed E-state index contributed by atoms with van der Waals surface area (Å²) in [5.41, 5.74) is 5.77. The summed E-state index contributed by atoms with van der Waals surface area (Å²) in [6.07, 6.45) is 7.59. The summed E-state index contributed by atoms with van der Waals surface area (Å²) in [5.74, 6) is 1.10. The highest BCUT2D eigenvalue weighted by molar-refractivity contribution is 5.83. The minimum atomic E-state index is -1.70. The molecular weight excluding hydrogens is 503 g/mol. The van der Waals surface area contributed by atoms with Crippen molar-refractivity contribution in [3.05, 3.63) is 36.4 Å². The Labute approximate surface area is 226 Å². The van der Waals surface area contributed by atoms with Crippen LogP contribution in [0.3, 0.4) is 0 Å². The van der Waals surface area contributed by atoms with Gasteiger partial charge in [-0.15, -0.1) is 0 Å². The predicted octanol–water partition coefficient (Wildman–Crippen LogP) is 3.32. The van der Waals surface area contributed by atoms with E-state index in [9.17, 15) is 10.1 Å². The minimum absolute atomic E-state index is 0.121. The number of fused-ring (bicyclic) bond motifs is 1. The monoisotopic (exact) mass is 536 g/mol. The lowest BCUT2D eigenvalue weighted by atomic mass is 9.91. The molecule has 1 amide bonds. The molecule has 0 radical (unpaired) electrons. The Morgan fingerprint density at radius 2 is 1.92 bits per heavy atom. The molecule has 0 atom stereocenters. The molecule has 0 bridgehead atoms. The molecule has 2 fully saturated rings. The first kappa shape index (κ1) is 26.6. The van der Waals surface area contributed by atoms with Gasteiger partial charge in [-0.05, 0) is 46.6 Å². The number of amides is 1. The number of aromatic nitrogens is 4. The van der Waals surface area contributed by atoms with Crippen LogP contribution in [0.25, 0.3) is 16.8 Å². The molecule has 11 nitrogen and oxygen atoms in total. The highest BCUT2D eigenvalue weighted by atomic mass is 19.1. The van der Waals surface area contributed by atoms with Crippen LogP contribution in [0.2, 0.25) is 0 Å². The number of carbonyl (C=O) groups excluding carboxylic acids is 1. The van der Waals surface area contributed by atoms with Crippen LogP contribution < -0.4 is 15.4 Å². The van der Waals surface area contributed by atoms with E-state index in [1.165, 1.54) is 15.6 Å². The molecule has 0 aromatic carbocycles. The number of nitriles is 1. The number of halogens is 1. The van der Waals surface area contributed by atoms with E-state index < -0.39 is 17.4 Å². The fourth-order valence-electron chi connectivity index (χ4n) is 4.72. The highest BCUT2D eigenvalue weighted by Crippen LogP contribution is 2.33. The number of carbonyl (C=O) groups is 1. The number of pyridine rings is 1. The second-order valence-corrected chi connectivity index (χ2v) is 11.7. The molecule has 2 N–H and O–H groups in total. The van der Waals surface area contributed by atoms with Gasteiger partial charge in [-0.1, -0.05) is 0 Å². The van der Waals surface area contributed by atoms with Crippen molar-refractivity contribution in [2.75, 3.05) is 37.7 Å². The zero-order chi connectivity index (χ0) is 28.0. The number of hydrogen-bond donors (Lipinski definition) is 1. The Morgan fingerprint density at radius 1 is 1.21 bits per heavy atom. The number of nitrogens with two attached hydrogens (primary N) is 1. The van der Waals surface area contributed by atoms with Crippen LogP contribution in [-0.4, -0.2) is 80.2 Å². The molecule has 3 aromatic heterocycles. The molecule has 0 saturated carbocycles. The van der Waals surface area contributed by atoms with E-state index in [-0.39, 0.29) is 25.2 Å². The van der Waals surface area contributed by atoms with Crippen molar-refractivity contribution in [2.24, 2.45) is 5.73 Å². The smallest absolute Gasteiger partial charge is 0.410 e. The average Bonchev–Trinajstić information content (AvgIpc) is 3.27. The van der Waals surface area contributed by atoms with Gasteiger partial charge < -0.3 is 25.0 Å². The fraction of sp³-hybridized carbons (Fsp3) is 0.519. The summed E-state index contributed by atoms with van der Waals surface area (Å²) in [4.78, 5) is 24.9. The molecular formula is C27H33FN8O3. The van der Waals surface area contributed by atoms with Gasteiger partial charge in [-0.25, -0.2) is 18.7 Å². The van der Waals surface area contributed by atoms with E-state index in [4.69, 9.17) is 15.2 Å². The second-order valence-electron chi connectivity index (χ2n) is 11.7. The molecule has 2 saturated heterocycles. The molecule has 5 heterocycles. The summed E-state index contributed by atoms with van der Waals surface area (Å²) in [5, 5.41) is 13.9. The van der Waals surface area contributed by atoms with Gasteiger partial charge >= 0.3 is 6.09 Å². The van der Waals surface area contributed by atoms with E-state index in [0.29, 0.717) is 28.1 Å². The SMILES string of the molecule is CC1(N)CCN(c2cnc(-c3cc(OCC4(F)CN(C(=O)OC(C)(C)C)C4)cn4ncc(C#N)c34)cn2)CC1. The summed E-state index contributed by atoms with van der Waals surface area (Å²) in [6, 6.07) is 3.86. The maximum Gasteiger partial charge on any atom is 0.410 e. The fourth-order valence-corrected chi connectivity index (χ4v) is 4.72. The summed E-state index contributed by atoms with van der Waals surface area (Å²) < 4.78 is 27.9. The number of anilines is 1. The predicted molar refractivity (Wildman–Crippen MR) is 142 cm³/mol. The Hall–Kier alpha value is -3.98. The van der Waals surface area contributed by atoms with Gasteiger partial charge in [0.2, 0.25) is 0 Å². The van der Waals surface area contributed by atoms with Gasteiger partial charge in [0.15, 0.2) is 5.67 Å². The lowest BCUT2D eigenvalue weighted by Gasteiger charge is -2.43. The Bertz CT molecular complexity index is 1410. The molecule has 5 rings (SSSR count). The molecule has 0 unspecified atom stereocenters. The maximum absolute atomic E-state index is 15.2. The first-order valence-electron chi connectivity index (χ1n) is 12.9. The average molecular weight is 537 g/mol. The quantitative estimate of drug-likeness (QED) is 0.521. The van der Waals surface area contributed by atoms with Gasteiger partial charge in [-0.3, -0.25) is 4.98 Å². The zero-order valence-corrected chi connectivity index (χ0v) is 22.6. The number of ether oxygens (including phenoxy) is 2. The molecule has 0 spiro atoms. The van der Waals surface area contributed by atoms with Gasteiger partial charge in [0.05, 0.1) is 54.7 Å². The van der Waals surface area contributed by atoms with Crippen molar-refractivity contribution in [2.45, 2.75) is 57.3 Å². The molecule has 2 aliphatic heterocycles. The van der Waals surface area contributed by atoms with E-state index in [2.05, 4.69) is 33.0 Å². The number of alkyl halides is 1. The van der Waals surface area contributed by atoms with E-state index in [0.717, 1.165) is 31.7 Å². The van der Waals surface area contributed by atoms with Crippen molar-refractivity contribution < 1.29 is 18.7 Å². The van der Waals surface area contributed by atoms with Crippen LogP contribution in [0.1, 0.15) is 46.1 Å². The molecule has 0 aliphatic carbocycles. The van der Waals surface area contributed by atoms with Crippen molar-refractivity contribution in [3.8, 4) is 23.1 Å². The highest BCUT2D eigenvalue weighted by Gasteiger charge is 2.48. The van der Waals surface area contributed by atoms with Gasteiger partial charge in [-0.2, -0.15) is 10.4 Å². The molecule has 12 heteroatoms. The minimum Gasteiger partial charge on any atom is -0.488 e. The van der Waals surface area contributed by atoms with Crippen LogP contribution in [0, 0.1) is 11.3 Å². The standard InChI is InChI=1S/C27H33FN8O3/c1-25(2,3)39-24(37)35-15-27(28,16-35)17-38-19-9-20(23-18(10-29)11-33-36(23)14-19)21-12-32-22(13-31-21)34-7-5-26(4,30)6-8-34/h9,11-14H,5-8,15-17,30H2,1-4H3. The molecule has 206 valence electrons. The Morgan fingerprint density at radius 3 is 2.54 bits per heavy atom. The maximum atomic E-state index is 15.2. The number of rotatable bonds is 5. The molecule has 39 heavy (non-hydrogen) atoms. The lowest BCUT2D eigenvalue weighted by Crippen LogP contribution is -2.64. The van der Waals surface area contributed by atoms with Gasteiger partial charge in [0, 0.05) is 24.2 Å². The number of hydrogen-bond acceptors (Lipinski definition) is 9. The van der Waals surface area contributed by atoms with Crippen molar-refractivity contribution in [1.82, 2.24) is 24.5 Å². The number of piperidine rings is 1. The van der Waals surface area contributed by atoms with Crippen molar-refractivity contribution in [1.29, 1.82) is 5.26 Å². The van der Waals surface area contributed by atoms with E-state index in [1.807, 2.05) is 0 Å². The normalized spacial score (nSPS) is 18.4. The summed E-state index contributed by atoms with van der Waals surface area (Å²) in [6.45, 7) is 8.44. The topological polar surface area (TPSA) is 135 Å². The second kappa shape index (κ2) is 9.64. The first-order chi connectivity index (χ1) is 18.3. The van der Waals surface area contributed by atoms with Crippen LogP contribution >= 0.6 is 0 Å². The van der Waals surface area contributed by atoms with Crippen LogP contribution in [-0.2, 0) is 4.74 Å². The van der Waals surface area contributed by atoms with Crippen molar-refractivity contribution in [3.63, 3.8) is 0 Å². The lowest BCUT2D eigenvalue weighted by molar-refractivity contribution is -0.0686. The van der Waals surface area contributed by atoms with Crippen LogP contribution in [0.5, 0.6) is 5.75 Å². The Balaban J connectivity index is 1.33. The third kappa shape index (κ3) is 5.73. The van der Waals surface area contributed by atoms with Crippen LogP contribution in [0.15, 0.2) is 30.9 Å². The third-order valence-corrected chi connectivity index (χ3v) is 6.95. The molecule has 3 aromatic rings. The number of likely N-dealkylation sites (tertiary alicyclic amines) is 1. The van der Waals surface area contributed by atoms with Gasteiger partial charge in [0.25, 0.3) is 0 Å². The summed E-state index contributed by atoms with van der Waals surface area (Å²) in [7, 11) is 0. The first-order valence-corrected chi connectivity index (χ1v) is 12.9. The third-order valence-electron chi connectivity index (χ3n) is 6.95. The Kier molecular flexibility index (Phi) is 6.58. The summed E-state index contributed by atoms with van der Waals surface area (Å²) >= 11 is 0. The van der Waals surface area contributed by atoms with Crippen molar-refractivity contribution >= 4 is 17.4 Å². The van der Waals surface area contributed by atoms with E-state index in [1.54, 1.807) is 45.4 Å². The van der Waals surface area contributed by atoms with E-state index >= 15 is 4.39 Å². The van der Waals surface area contributed by atoms with Gasteiger partial charge in [0.1, 0.15) is 29.8 Å². The largest absolute Gasteiger partial charge is 0.488 e. The van der Waals surface area contributed by atoms with Crippen LogP contribution in [0.4, 0.5) is 15.0 Å². The number of nitrogens with zero attached hydrogens (tertiary/aromatic N) is 7. The zero-order valence-electron chi connectivity index (χ0n) is 22.6. The molecule has 2 aliphatic rings.